The summed E-state index contributed by atoms with van der Waals surface area (Å²) in [6.45, 7) is 9.98. The number of ether oxygens (including phenoxy) is 5. The second kappa shape index (κ2) is 37.3. The Kier molecular flexibility index (Phi) is 36.7. The van der Waals surface area contributed by atoms with Gasteiger partial charge < -0.3 is 23.7 Å². The van der Waals surface area contributed by atoms with Crippen molar-refractivity contribution in [2.45, 2.75) is 162 Å². The van der Waals surface area contributed by atoms with E-state index in [2.05, 4.69) is 13.8 Å². The summed E-state index contributed by atoms with van der Waals surface area (Å²) in [4.78, 5) is 11.8. The topological polar surface area (TPSA) is 63.2 Å². The van der Waals surface area contributed by atoms with Gasteiger partial charge in [-0.05, 0) is 19.3 Å². The summed E-state index contributed by atoms with van der Waals surface area (Å²) in [6, 6.07) is 0. The molecule has 41 heavy (non-hydrogen) atoms. The Labute approximate surface area is 255 Å². The highest BCUT2D eigenvalue weighted by molar-refractivity contribution is 5.69. The Hall–Kier alpha value is -0.690. The number of rotatable bonds is 36. The SMILES string of the molecule is CCCCCCCCCCCCCCOC(=O)CCCOCCOCCOCCOCCCCCCCCCCC. The van der Waals surface area contributed by atoms with E-state index in [9.17, 15) is 4.79 Å². The van der Waals surface area contributed by atoms with Gasteiger partial charge in [0.2, 0.25) is 0 Å². The van der Waals surface area contributed by atoms with Gasteiger partial charge in [-0.3, -0.25) is 4.79 Å². The lowest BCUT2D eigenvalue weighted by Crippen LogP contribution is -2.12. The van der Waals surface area contributed by atoms with Gasteiger partial charge in [0.25, 0.3) is 0 Å². The highest BCUT2D eigenvalue weighted by Crippen LogP contribution is 2.12. The number of carbonyl (C=O) groups is 1. The molecule has 0 heterocycles. The standard InChI is InChI=1S/C35H70O6/c1-3-5-7-9-11-13-14-15-17-19-21-23-28-41-35(36)25-24-27-38-30-32-40-34-33-39-31-29-37-26-22-20-18-16-12-10-8-6-4-2/h3-34H2,1-2H3. The Morgan fingerprint density at radius 2 is 0.634 bits per heavy atom. The molecule has 0 saturated heterocycles. The van der Waals surface area contributed by atoms with E-state index in [0.717, 1.165) is 25.9 Å². The fraction of sp³-hybridized carbons (Fsp3) is 0.971. The second-order valence-corrected chi connectivity index (χ2v) is 11.5. The fourth-order valence-corrected chi connectivity index (χ4v) is 4.80. The molecule has 0 aliphatic heterocycles. The Bertz CT molecular complexity index is 487. The van der Waals surface area contributed by atoms with Crippen LogP contribution in [0, 0.1) is 0 Å². The second-order valence-electron chi connectivity index (χ2n) is 11.5. The zero-order chi connectivity index (χ0) is 29.7. The van der Waals surface area contributed by atoms with Crippen LogP contribution in [0.25, 0.3) is 0 Å². The lowest BCUT2D eigenvalue weighted by atomic mass is 10.1. The third-order valence-corrected chi connectivity index (χ3v) is 7.44. The zero-order valence-electron chi connectivity index (χ0n) is 27.6. The molecule has 0 N–H and O–H groups in total. The Morgan fingerprint density at radius 1 is 0.341 bits per heavy atom. The monoisotopic (exact) mass is 587 g/mol. The number of unbranched alkanes of at least 4 members (excludes halogenated alkanes) is 19. The van der Waals surface area contributed by atoms with Crippen LogP contribution in [0.1, 0.15) is 162 Å². The van der Waals surface area contributed by atoms with Gasteiger partial charge in [-0.2, -0.15) is 0 Å². The van der Waals surface area contributed by atoms with Gasteiger partial charge in [-0.1, -0.05) is 136 Å². The molecule has 246 valence electrons. The lowest BCUT2D eigenvalue weighted by Gasteiger charge is -2.08. The normalized spacial score (nSPS) is 11.4. The Balaban J connectivity index is 3.13. The van der Waals surface area contributed by atoms with Crippen molar-refractivity contribution in [3.05, 3.63) is 0 Å². The average Bonchev–Trinajstić information content (AvgIpc) is 2.98. The number of hydrogen-bond donors (Lipinski definition) is 0. The van der Waals surface area contributed by atoms with Crippen LogP contribution in [-0.2, 0) is 28.5 Å². The highest BCUT2D eigenvalue weighted by atomic mass is 16.6. The summed E-state index contributed by atoms with van der Waals surface area (Å²) in [6.07, 6.45) is 28.9. The maximum absolute atomic E-state index is 11.8. The van der Waals surface area contributed by atoms with Crippen LogP contribution in [0.4, 0.5) is 0 Å². The van der Waals surface area contributed by atoms with Gasteiger partial charge in [0.05, 0.1) is 46.2 Å². The van der Waals surface area contributed by atoms with Crippen LogP contribution >= 0.6 is 0 Å². The van der Waals surface area contributed by atoms with Crippen LogP contribution in [0.2, 0.25) is 0 Å². The molecule has 0 aliphatic rings. The summed E-state index contributed by atoms with van der Waals surface area (Å²) in [5.41, 5.74) is 0. The summed E-state index contributed by atoms with van der Waals surface area (Å²) in [5, 5.41) is 0. The first-order valence-corrected chi connectivity index (χ1v) is 17.8. The van der Waals surface area contributed by atoms with E-state index in [0.29, 0.717) is 65.7 Å². The predicted molar refractivity (Wildman–Crippen MR) is 172 cm³/mol. The van der Waals surface area contributed by atoms with Crippen molar-refractivity contribution < 1.29 is 28.5 Å². The van der Waals surface area contributed by atoms with Gasteiger partial charge >= 0.3 is 5.97 Å². The van der Waals surface area contributed by atoms with Gasteiger partial charge in [-0.15, -0.1) is 0 Å². The first-order chi connectivity index (χ1) is 20.3. The first kappa shape index (κ1) is 40.3. The highest BCUT2D eigenvalue weighted by Gasteiger charge is 2.03. The molecule has 0 bridgehead atoms. The third kappa shape index (κ3) is 37.3. The summed E-state index contributed by atoms with van der Waals surface area (Å²) < 4.78 is 27.6. The molecule has 0 radical (unpaired) electrons. The first-order valence-electron chi connectivity index (χ1n) is 17.8. The maximum atomic E-state index is 11.8. The van der Waals surface area contributed by atoms with Gasteiger partial charge in [0.1, 0.15) is 0 Å². The van der Waals surface area contributed by atoms with E-state index in [1.807, 2.05) is 0 Å². The van der Waals surface area contributed by atoms with E-state index in [4.69, 9.17) is 23.7 Å². The van der Waals surface area contributed by atoms with Crippen molar-refractivity contribution in [1.82, 2.24) is 0 Å². The van der Waals surface area contributed by atoms with E-state index >= 15 is 0 Å². The van der Waals surface area contributed by atoms with Crippen LogP contribution in [0.5, 0.6) is 0 Å². The Morgan fingerprint density at radius 3 is 1.02 bits per heavy atom. The molecule has 0 saturated carbocycles. The molecule has 0 aromatic heterocycles. The number of esters is 1. The van der Waals surface area contributed by atoms with Crippen molar-refractivity contribution in [2.24, 2.45) is 0 Å². The fourth-order valence-electron chi connectivity index (χ4n) is 4.80. The van der Waals surface area contributed by atoms with E-state index in [1.54, 1.807) is 0 Å². The molecule has 0 atom stereocenters. The third-order valence-electron chi connectivity index (χ3n) is 7.44. The molecule has 0 aromatic rings. The molecule has 0 aliphatic carbocycles. The lowest BCUT2D eigenvalue weighted by molar-refractivity contribution is -0.144. The maximum Gasteiger partial charge on any atom is 0.305 e. The van der Waals surface area contributed by atoms with Crippen LogP contribution in [-0.4, -0.2) is 65.4 Å². The predicted octanol–water partition coefficient (Wildman–Crippen LogP) is 9.61. The molecule has 0 spiro atoms. The number of hydrogen-bond acceptors (Lipinski definition) is 6. The van der Waals surface area contributed by atoms with E-state index in [1.165, 1.54) is 116 Å². The molecular formula is C35H70O6. The van der Waals surface area contributed by atoms with Crippen molar-refractivity contribution in [3.63, 3.8) is 0 Å². The van der Waals surface area contributed by atoms with E-state index in [-0.39, 0.29) is 5.97 Å². The zero-order valence-corrected chi connectivity index (χ0v) is 27.6. The smallest absolute Gasteiger partial charge is 0.305 e. The van der Waals surface area contributed by atoms with Crippen LogP contribution in [0.3, 0.4) is 0 Å². The minimum atomic E-state index is -0.109. The van der Waals surface area contributed by atoms with E-state index < -0.39 is 0 Å². The molecule has 6 nitrogen and oxygen atoms in total. The van der Waals surface area contributed by atoms with Crippen LogP contribution < -0.4 is 0 Å². The summed E-state index contributed by atoms with van der Waals surface area (Å²) in [7, 11) is 0. The minimum Gasteiger partial charge on any atom is -0.466 e. The summed E-state index contributed by atoms with van der Waals surface area (Å²) in [5.74, 6) is -0.109. The van der Waals surface area contributed by atoms with Crippen molar-refractivity contribution in [2.75, 3.05) is 59.5 Å². The van der Waals surface area contributed by atoms with Gasteiger partial charge in [-0.25, -0.2) is 0 Å². The average molecular weight is 587 g/mol. The molecule has 0 fully saturated rings. The van der Waals surface area contributed by atoms with Crippen molar-refractivity contribution in [3.8, 4) is 0 Å². The minimum absolute atomic E-state index is 0.109. The molecule has 0 amide bonds. The molecule has 0 aromatic carbocycles. The van der Waals surface area contributed by atoms with Crippen molar-refractivity contribution >= 4 is 5.97 Å². The van der Waals surface area contributed by atoms with Crippen LogP contribution in [0.15, 0.2) is 0 Å². The van der Waals surface area contributed by atoms with Crippen molar-refractivity contribution in [1.29, 1.82) is 0 Å². The number of carbonyl (C=O) groups excluding carboxylic acids is 1. The molecule has 0 unspecified atom stereocenters. The molecule has 6 heteroatoms. The molecular weight excluding hydrogens is 516 g/mol. The largest absolute Gasteiger partial charge is 0.466 e. The summed E-state index contributed by atoms with van der Waals surface area (Å²) >= 11 is 0. The quantitative estimate of drug-likeness (QED) is 0.0538. The van der Waals surface area contributed by atoms with Gasteiger partial charge in [0.15, 0.2) is 0 Å². The van der Waals surface area contributed by atoms with Gasteiger partial charge in [0, 0.05) is 19.6 Å². The molecule has 0 rings (SSSR count).